The normalized spacial score (nSPS) is 17.4. The molecule has 22 heavy (non-hydrogen) atoms. The predicted octanol–water partition coefficient (Wildman–Crippen LogP) is 0.663. The summed E-state index contributed by atoms with van der Waals surface area (Å²) in [6.07, 6.45) is 0. The maximum Gasteiger partial charge on any atom is 0.240 e. The number of piperazine rings is 1. The van der Waals surface area contributed by atoms with Gasteiger partial charge < -0.3 is 9.80 Å². The van der Waals surface area contributed by atoms with Gasteiger partial charge in [0.2, 0.25) is 15.9 Å². The number of para-hydroxylation sites is 1. The van der Waals surface area contributed by atoms with Gasteiger partial charge in [0.05, 0.1) is 11.8 Å². The first kappa shape index (κ1) is 16.8. The number of benzene rings is 1. The average molecular weight is 325 g/mol. The third-order valence-electron chi connectivity index (χ3n) is 3.82. The molecule has 1 aliphatic rings. The van der Waals surface area contributed by atoms with Gasteiger partial charge >= 0.3 is 0 Å². The lowest BCUT2D eigenvalue weighted by Crippen LogP contribution is -2.54. The van der Waals surface area contributed by atoms with E-state index in [0.717, 1.165) is 18.8 Å². The van der Waals surface area contributed by atoms with Crippen molar-refractivity contribution in [2.75, 3.05) is 36.8 Å². The summed E-state index contributed by atoms with van der Waals surface area (Å²) in [6, 6.07) is 9.35. The minimum absolute atomic E-state index is 0.0214. The Morgan fingerprint density at radius 3 is 2.32 bits per heavy atom. The highest BCUT2D eigenvalue weighted by Crippen LogP contribution is 2.15. The largest absolute Gasteiger partial charge is 0.368 e. The van der Waals surface area contributed by atoms with Crippen molar-refractivity contribution in [1.82, 2.24) is 9.62 Å². The molecule has 1 saturated heterocycles. The second-order valence-corrected chi connectivity index (χ2v) is 7.43. The molecule has 0 bridgehead atoms. The van der Waals surface area contributed by atoms with Crippen LogP contribution in [-0.4, -0.2) is 57.2 Å². The minimum Gasteiger partial charge on any atom is -0.368 e. The average Bonchev–Trinajstić information content (AvgIpc) is 2.55. The lowest BCUT2D eigenvalue weighted by atomic mass is 10.2. The number of carbonyl (C=O) groups excluding carboxylic acids is 1. The van der Waals surface area contributed by atoms with Crippen LogP contribution in [0, 0.1) is 0 Å². The highest BCUT2D eigenvalue weighted by atomic mass is 32.2. The molecule has 0 unspecified atom stereocenters. The fraction of sp³-hybridized carbons (Fsp3) is 0.533. The standard InChI is InChI=1S/C15H23N3O3S/c1-3-22(20,21)16-13(2)15(19)18-11-9-17(10-12-18)14-7-5-4-6-8-14/h4-8,13,16H,3,9-12H2,1-2H3/t13-/m0/s1. The molecule has 1 heterocycles. The van der Waals surface area contributed by atoms with Crippen LogP contribution in [0.1, 0.15) is 13.8 Å². The zero-order valence-electron chi connectivity index (χ0n) is 13.0. The van der Waals surface area contributed by atoms with Crippen LogP contribution >= 0.6 is 0 Å². The maximum atomic E-state index is 12.3. The van der Waals surface area contributed by atoms with Crippen LogP contribution in [0.15, 0.2) is 30.3 Å². The topological polar surface area (TPSA) is 69.7 Å². The first-order valence-electron chi connectivity index (χ1n) is 7.51. The van der Waals surface area contributed by atoms with E-state index in [4.69, 9.17) is 0 Å². The summed E-state index contributed by atoms with van der Waals surface area (Å²) in [5, 5.41) is 0. The summed E-state index contributed by atoms with van der Waals surface area (Å²) >= 11 is 0. The molecular formula is C15H23N3O3S. The zero-order chi connectivity index (χ0) is 16.2. The molecule has 0 spiro atoms. The van der Waals surface area contributed by atoms with Crippen LogP contribution in [0.3, 0.4) is 0 Å². The molecule has 1 aromatic rings. The SMILES string of the molecule is CCS(=O)(=O)N[C@@H](C)C(=O)N1CCN(c2ccccc2)CC1. The Labute approximate surface area is 132 Å². The molecule has 2 rings (SSSR count). The van der Waals surface area contributed by atoms with Gasteiger partial charge in [-0.1, -0.05) is 18.2 Å². The van der Waals surface area contributed by atoms with E-state index in [1.807, 2.05) is 18.2 Å². The summed E-state index contributed by atoms with van der Waals surface area (Å²) < 4.78 is 25.5. The Hall–Kier alpha value is -1.60. The molecule has 1 amide bonds. The van der Waals surface area contributed by atoms with Crippen molar-refractivity contribution in [2.24, 2.45) is 0 Å². The van der Waals surface area contributed by atoms with E-state index < -0.39 is 16.1 Å². The monoisotopic (exact) mass is 325 g/mol. The second kappa shape index (κ2) is 7.11. The van der Waals surface area contributed by atoms with Crippen molar-refractivity contribution >= 4 is 21.6 Å². The van der Waals surface area contributed by atoms with E-state index in [2.05, 4.69) is 21.8 Å². The molecule has 7 heteroatoms. The molecule has 0 radical (unpaired) electrons. The van der Waals surface area contributed by atoms with Crippen LogP contribution < -0.4 is 9.62 Å². The van der Waals surface area contributed by atoms with Gasteiger partial charge in [-0.2, -0.15) is 0 Å². The minimum atomic E-state index is -3.36. The van der Waals surface area contributed by atoms with Crippen molar-refractivity contribution in [3.63, 3.8) is 0 Å². The fourth-order valence-corrected chi connectivity index (χ4v) is 3.31. The number of hydrogen-bond acceptors (Lipinski definition) is 4. The third kappa shape index (κ3) is 4.20. The Balaban J connectivity index is 1.90. The molecule has 1 aromatic carbocycles. The van der Waals surface area contributed by atoms with E-state index >= 15 is 0 Å². The highest BCUT2D eigenvalue weighted by Gasteiger charge is 2.27. The number of amides is 1. The number of nitrogens with one attached hydrogen (secondary N) is 1. The Morgan fingerprint density at radius 1 is 1.18 bits per heavy atom. The number of nitrogens with zero attached hydrogens (tertiary/aromatic N) is 2. The summed E-state index contributed by atoms with van der Waals surface area (Å²) in [5.74, 6) is -0.184. The summed E-state index contributed by atoms with van der Waals surface area (Å²) in [4.78, 5) is 16.3. The molecule has 122 valence electrons. The van der Waals surface area contributed by atoms with Crippen LogP contribution in [0.2, 0.25) is 0 Å². The molecule has 0 saturated carbocycles. The molecule has 1 aliphatic heterocycles. The van der Waals surface area contributed by atoms with E-state index in [0.29, 0.717) is 13.1 Å². The van der Waals surface area contributed by atoms with E-state index in [-0.39, 0.29) is 11.7 Å². The maximum absolute atomic E-state index is 12.3. The first-order valence-corrected chi connectivity index (χ1v) is 9.17. The van der Waals surface area contributed by atoms with Gasteiger partial charge in [0.25, 0.3) is 0 Å². The Bertz CT molecular complexity index is 596. The molecule has 0 aromatic heterocycles. The second-order valence-electron chi connectivity index (χ2n) is 5.39. The number of sulfonamides is 1. The van der Waals surface area contributed by atoms with Gasteiger partial charge in [-0.3, -0.25) is 4.79 Å². The smallest absolute Gasteiger partial charge is 0.240 e. The van der Waals surface area contributed by atoms with Gasteiger partial charge in [-0.15, -0.1) is 0 Å². The molecule has 1 fully saturated rings. The van der Waals surface area contributed by atoms with E-state index in [1.54, 1.807) is 18.7 Å². The predicted molar refractivity (Wildman–Crippen MR) is 87.3 cm³/mol. The van der Waals surface area contributed by atoms with Gasteiger partial charge in [-0.05, 0) is 26.0 Å². The van der Waals surface area contributed by atoms with Crippen molar-refractivity contribution < 1.29 is 13.2 Å². The Morgan fingerprint density at radius 2 is 1.77 bits per heavy atom. The number of carbonyl (C=O) groups is 1. The van der Waals surface area contributed by atoms with Crippen LogP contribution in [-0.2, 0) is 14.8 Å². The van der Waals surface area contributed by atoms with Crippen molar-refractivity contribution in [1.29, 1.82) is 0 Å². The van der Waals surface area contributed by atoms with Crippen molar-refractivity contribution in [3.8, 4) is 0 Å². The van der Waals surface area contributed by atoms with Crippen LogP contribution in [0.25, 0.3) is 0 Å². The molecular weight excluding hydrogens is 302 g/mol. The van der Waals surface area contributed by atoms with Gasteiger partial charge in [0.1, 0.15) is 0 Å². The van der Waals surface area contributed by atoms with Crippen molar-refractivity contribution in [2.45, 2.75) is 19.9 Å². The lowest BCUT2D eigenvalue weighted by Gasteiger charge is -2.37. The first-order chi connectivity index (χ1) is 10.4. The third-order valence-corrected chi connectivity index (χ3v) is 5.29. The molecule has 0 aliphatic carbocycles. The van der Waals surface area contributed by atoms with Gasteiger partial charge in [-0.25, -0.2) is 13.1 Å². The quantitative estimate of drug-likeness (QED) is 0.863. The number of hydrogen-bond donors (Lipinski definition) is 1. The van der Waals surface area contributed by atoms with Crippen LogP contribution in [0.5, 0.6) is 0 Å². The van der Waals surface area contributed by atoms with E-state index in [1.165, 1.54) is 0 Å². The zero-order valence-corrected chi connectivity index (χ0v) is 13.8. The summed E-state index contributed by atoms with van der Waals surface area (Å²) in [5.41, 5.74) is 1.15. The lowest BCUT2D eigenvalue weighted by molar-refractivity contribution is -0.132. The summed E-state index contributed by atoms with van der Waals surface area (Å²) in [7, 11) is -3.36. The molecule has 1 atom stereocenters. The van der Waals surface area contributed by atoms with Gasteiger partial charge in [0.15, 0.2) is 0 Å². The highest BCUT2D eigenvalue weighted by molar-refractivity contribution is 7.89. The molecule has 6 nitrogen and oxygen atoms in total. The van der Waals surface area contributed by atoms with Crippen molar-refractivity contribution in [3.05, 3.63) is 30.3 Å². The van der Waals surface area contributed by atoms with Gasteiger partial charge in [0, 0.05) is 31.9 Å². The van der Waals surface area contributed by atoms with E-state index in [9.17, 15) is 13.2 Å². The number of anilines is 1. The number of rotatable bonds is 5. The molecule has 1 N–H and O–H groups in total. The Kier molecular flexibility index (Phi) is 5.42. The fourth-order valence-electron chi connectivity index (χ4n) is 2.50. The van der Waals surface area contributed by atoms with Crippen LogP contribution in [0.4, 0.5) is 5.69 Å². The summed E-state index contributed by atoms with van der Waals surface area (Å²) in [6.45, 7) is 5.86.